The van der Waals surface area contributed by atoms with E-state index in [2.05, 4.69) is 0 Å². The summed E-state index contributed by atoms with van der Waals surface area (Å²) in [5.41, 5.74) is 5.23. The third-order valence-corrected chi connectivity index (χ3v) is 3.59. The van der Waals surface area contributed by atoms with Crippen molar-refractivity contribution in [3.63, 3.8) is 0 Å². The molecule has 2 rings (SSSR count). The number of hydrogen-bond acceptors (Lipinski definition) is 2. The molecule has 0 aromatic heterocycles. The Bertz CT molecular complexity index is 435. The summed E-state index contributed by atoms with van der Waals surface area (Å²) in [5.74, 6) is -1.23. The molecule has 0 bridgehead atoms. The van der Waals surface area contributed by atoms with Crippen LogP contribution in [-0.2, 0) is 4.79 Å². The molecule has 3 N–H and O–H groups in total. The van der Waals surface area contributed by atoms with Gasteiger partial charge in [0.05, 0.1) is 10.0 Å². The average molecular weight is 246 g/mol. The van der Waals surface area contributed by atoms with E-state index < -0.39 is 11.5 Å². The smallest absolute Gasteiger partial charge is 0.324 e. The number of hydrogen-bond donors (Lipinski definition) is 2. The third-order valence-electron chi connectivity index (χ3n) is 2.76. The van der Waals surface area contributed by atoms with Crippen molar-refractivity contribution in [2.24, 2.45) is 5.73 Å². The highest BCUT2D eigenvalue weighted by atomic mass is 35.5. The first-order chi connectivity index (χ1) is 6.97. The van der Waals surface area contributed by atoms with Crippen LogP contribution in [0.25, 0.3) is 0 Å². The van der Waals surface area contributed by atoms with Gasteiger partial charge in [0.25, 0.3) is 0 Å². The minimum atomic E-state index is -1.17. The highest BCUT2D eigenvalue weighted by molar-refractivity contribution is 6.42. The maximum absolute atomic E-state index is 10.9. The number of aliphatic carboxylic acids is 1. The van der Waals surface area contributed by atoms with Gasteiger partial charge in [0.2, 0.25) is 0 Å². The van der Waals surface area contributed by atoms with Gasteiger partial charge in [-0.1, -0.05) is 35.3 Å². The summed E-state index contributed by atoms with van der Waals surface area (Å²) in [6.45, 7) is 0. The number of benzene rings is 1. The molecule has 15 heavy (non-hydrogen) atoms. The van der Waals surface area contributed by atoms with Gasteiger partial charge < -0.3 is 10.8 Å². The summed E-state index contributed by atoms with van der Waals surface area (Å²) >= 11 is 11.8. The van der Waals surface area contributed by atoms with Crippen LogP contribution in [0.3, 0.4) is 0 Å². The van der Waals surface area contributed by atoms with Gasteiger partial charge in [0.15, 0.2) is 0 Å². The molecule has 1 aliphatic carbocycles. The zero-order chi connectivity index (χ0) is 11.2. The molecule has 2 atom stereocenters. The van der Waals surface area contributed by atoms with E-state index >= 15 is 0 Å². The van der Waals surface area contributed by atoms with E-state index in [9.17, 15) is 4.79 Å². The SMILES string of the molecule is N[C@]1(C(=O)O)C[C@@H]1c1cccc(Cl)c1Cl. The predicted molar refractivity (Wildman–Crippen MR) is 58.4 cm³/mol. The average Bonchev–Trinajstić information content (AvgIpc) is 2.84. The lowest BCUT2D eigenvalue weighted by molar-refractivity contribution is -0.139. The van der Waals surface area contributed by atoms with Crippen molar-refractivity contribution in [3.05, 3.63) is 33.8 Å². The largest absolute Gasteiger partial charge is 0.480 e. The second-order valence-electron chi connectivity index (χ2n) is 3.75. The van der Waals surface area contributed by atoms with E-state index in [1.165, 1.54) is 0 Å². The van der Waals surface area contributed by atoms with Crippen molar-refractivity contribution < 1.29 is 9.90 Å². The van der Waals surface area contributed by atoms with Crippen LogP contribution in [0, 0.1) is 0 Å². The van der Waals surface area contributed by atoms with Crippen LogP contribution in [0.1, 0.15) is 17.9 Å². The van der Waals surface area contributed by atoms with E-state index in [0.717, 1.165) is 0 Å². The van der Waals surface area contributed by atoms with Crippen molar-refractivity contribution in [3.8, 4) is 0 Å². The van der Waals surface area contributed by atoms with Crippen LogP contribution in [0.2, 0.25) is 10.0 Å². The number of rotatable bonds is 2. The molecule has 1 aromatic rings. The Kier molecular flexibility index (Phi) is 2.41. The van der Waals surface area contributed by atoms with Crippen molar-refractivity contribution in [1.82, 2.24) is 0 Å². The molecule has 0 aliphatic heterocycles. The van der Waals surface area contributed by atoms with Gasteiger partial charge in [0.1, 0.15) is 5.54 Å². The molecule has 1 saturated carbocycles. The van der Waals surface area contributed by atoms with Gasteiger partial charge in [0, 0.05) is 5.92 Å². The monoisotopic (exact) mass is 245 g/mol. The van der Waals surface area contributed by atoms with Crippen LogP contribution < -0.4 is 5.73 Å². The number of halogens is 2. The Labute approximate surface area is 96.8 Å². The molecule has 0 spiro atoms. The van der Waals surface area contributed by atoms with Crippen molar-refractivity contribution in [1.29, 1.82) is 0 Å². The molecule has 3 nitrogen and oxygen atoms in total. The molecule has 0 radical (unpaired) electrons. The Balaban J connectivity index is 2.35. The summed E-state index contributed by atoms with van der Waals surface area (Å²) in [7, 11) is 0. The van der Waals surface area contributed by atoms with E-state index in [4.69, 9.17) is 34.0 Å². The lowest BCUT2D eigenvalue weighted by Gasteiger charge is -2.08. The van der Waals surface area contributed by atoms with Crippen molar-refractivity contribution >= 4 is 29.2 Å². The maximum Gasteiger partial charge on any atom is 0.324 e. The van der Waals surface area contributed by atoms with Gasteiger partial charge >= 0.3 is 5.97 Å². The van der Waals surface area contributed by atoms with Crippen LogP contribution >= 0.6 is 23.2 Å². The molecule has 1 aromatic carbocycles. The number of carbonyl (C=O) groups is 1. The van der Waals surface area contributed by atoms with Crippen LogP contribution in [0.5, 0.6) is 0 Å². The maximum atomic E-state index is 10.9. The van der Waals surface area contributed by atoms with Crippen LogP contribution in [-0.4, -0.2) is 16.6 Å². The van der Waals surface area contributed by atoms with Crippen LogP contribution in [0.15, 0.2) is 18.2 Å². The molecule has 0 amide bonds. The molecule has 1 fully saturated rings. The second kappa shape index (κ2) is 3.37. The molecule has 0 saturated heterocycles. The minimum absolute atomic E-state index is 0.235. The fourth-order valence-electron chi connectivity index (χ4n) is 1.69. The van der Waals surface area contributed by atoms with E-state index in [1.54, 1.807) is 18.2 Å². The first-order valence-electron chi connectivity index (χ1n) is 4.43. The Morgan fingerprint density at radius 3 is 2.73 bits per heavy atom. The molecular weight excluding hydrogens is 237 g/mol. The van der Waals surface area contributed by atoms with E-state index in [-0.39, 0.29) is 5.92 Å². The molecule has 5 heteroatoms. The fraction of sp³-hybridized carbons (Fsp3) is 0.300. The van der Waals surface area contributed by atoms with Crippen molar-refractivity contribution in [2.75, 3.05) is 0 Å². The van der Waals surface area contributed by atoms with E-state index in [0.29, 0.717) is 22.0 Å². The van der Waals surface area contributed by atoms with E-state index in [1.807, 2.05) is 0 Å². The normalized spacial score (nSPS) is 28.9. The highest BCUT2D eigenvalue weighted by Gasteiger charge is 2.58. The molecule has 0 unspecified atom stereocenters. The summed E-state index contributed by atoms with van der Waals surface area (Å²) < 4.78 is 0. The van der Waals surface area contributed by atoms with Crippen LogP contribution in [0.4, 0.5) is 0 Å². The Morgan fingerprint density at radius 1 is 1.53 bits per heavy atom. The molecular formula is C10H9Cl2NO2. The number of carboxylic acid groups (broad SMARTS) is 1. The number of carboxylic acids is 1. The Hall–Kier alpha value is -0.770. The first-order valence-corrected chi connectivity index (χ1v) is 5.18. The molecule has 0 heterocycles. The summed E-state index contributed by atoms with van der Waals surface area (Å²) in [6.07, 6.45) is 0.405. The third kappa shape index (κ3) is 1.61. The van der Waals surface area contributed by atoms with Crippen molar-refractivity contribution in [2.45, 2.75) is 17.9 Å². The predicted octanol–water partition coefficient (Wildman–Crippen LogP) is 2.26. The molecule has 1 aliphatic rings. The lowest BCUT2D eigenvalue weighted by Crippen LogP contribution is -2.34. The molecule has 80 valence electrons. The first kappa shape index (κ1) is 10.7. The quantitative estimate of drug-likeness (QED) is 0.841. The fourth-order valence-corrected chi connectivity index (χ4v) is 2.13. The zero-order valence-electron chi connectivity index (χ0n) is 7.71. The van der Waals surface area contributed by atoms with Gasteiger partial charge in [-0.15, -0.1) is 0 Å². The summed E-state index contributed by atoms with van der Waals surface area (Å²) in [6, 6.07) is 5.16. The lowest BCUT2D eigenvalue weighted by atomic mass is 10.1. The van der Waals surface area contributed by atoms with Gasteiger partial charge in [-0.05, 0) is 18.1 Å². The van der Waals surface area contributed by atoms with Gasteiger partial charge in [-0.2, -0.15) is 0 Å². The minimum Gasteiger partial charge on any atom is -0.480 e. The Morgan fingerprint density at radius 2 is 2.20 bits per heavy atom. The summed E-state index contributed by atoms with van der Waals surface area (Å²) in [5, 5.41) is 9.73. The topological polar surface area (TPSA) is 63.3 Å². The van der Waals surface area contributed by atoms with Gasteiger partial charge in [-0.25, -0.2) is 0 Å². The highest BCUT2D eigenvalue weighted by Crippen LogP contribution is 2.52. The zero-order valence-corrected chi connectivity index (χ0v) is 9.22. The standard InChI is InChI=1S/C10H9Cl2NO2/c11-7-3-1-2-5(8(7)12)6-4-10(6,13)9(14)15/h1-3,6H,4,13H2,(H,14,15)/t6-,10-/m1/s1. The van der Waals surface area contributed by atoms with Gasteiger partial charge in [-0.3, -0.25) is 4.79 Å². The second-order valence-corrected chi connectivity index (χ2v) is 4.53. The summed E-state index contributed by atoms with van der Waals surface area (Å²) in [4.78, 5) is 10.9. The number of nitrogens with two attached hydrogens (primary N) is 1.